The van der Waals surface area contributed by atoms with E-state index in [9.17, 15) is 4.11 Å². The lowest BCUT2D eigenvalue weighted by molar-refractivity contribution is 0.332. The summed E-state index contributed by atoms with van der Waals surface area (Å²) in [5.41, 5.74) is 27.0. The van der Waals surface area contributed by atoms with Crippen LogP contribution >= 0.6 is 0 Å². The van der Waals surface area contributed by atoms with Gasteiger partial charge in [-0.2, -0.15) is 0 Å². The molecule has 0 amide bonds. The van der Waals surface area contributed by atoms with Crippen LogP contribution in [0.3, 0.4) is 0 Å². The third kappa shape index (κ3) is 8.70. The number of benzene rings is 8. The lowest BCUT2D eigenvalue weighted by Crippen LogP contribution is -2.62. The van der Waals surface area contributed by atoms with E-state index in [0.717, 1.165) is 82.3 Å². The van der Waals surface area contributed by atoms with Crippen LogP contribution in [0.25, 0.3) is 11.1 Å². The average molecular weight is 1110 g/mol. The Morgan fingerprint density at radius 2 is 0.905 bits per heavy atom. The lowest BCUT2D eigenvalue weighted by Gasteiger charge is -2.48. The van der Waals surface area contributed by atoms with E-state index in [-0.39, 0.29) is 44.6 Å². The van der Waals surface area contributed by atoms with Crippen molar-refractivity contribution in [2.75, 3.05) is 14.7 Å². The van der Waals surface area contributed by atoms with Gasteiger partial charge >= 0.3 is 0 Å². The van der Waals surface area contributed by atoms with Crippen LogP contribution in [-0.4, -0.2) is 6.71 Å². The van der Waals surface area contributed by atoms with Gasteiger partial charge in [0.1, 0.15) is 0 Å². The number of rotatable bonds is 5. The maximum Gasteiger partial charge on any atom is 0.252 e. The Hall–Kier alpha value is -6.78. The Labute approximate surface area is 510 Å². The highest BCUT2D eigenvalue weighted by Gasteiger charge is 2.49. The van der Waals surface area contributed by atoms with Crippen LogP contribution < -0.4 is 31.1 Å². The highest BCUT2D eigenvalue weighted by Crippen LogP contribution is 2.58. The molecular formula is C80H92BN3. The van der Waals surface area contributed by atoms with Crippen LogP contribution in [-0.2, 0) is 43.3 Å². The highest BCUT2D eigenvalue weighted by molar-refractivity contribution is 7.00. The molecule has 0 bridgehead atoms. The average Bonchev–Trinajstić information content (AvgIpc) is 1.34. The molecule has 8 aromatic rings. The van der Waals surface area contributed by atoms with Crippen molar-refractivity contribution in [2.24, 2.45) is 0 Å². The predicted octanol–water partition coefficient (Wildman–Crippen LogP) is 20.4. The first-order valence-corrected chi connectivity index (χ1v) is 31.5. The molecule has 3 nitrogen and oxygen atoms in total. The summed E-state index contributed by atoms with van der Waals surface area (Å²) in [4.78, 5) is 7.44. The summed E-state index contributed by atoms with van der Waals surface area (Å²) in [5, 5.41) is 0. The van der Waals surface area contributed by atoms with Crippen molar-refractivity contribution in [3.63, 3.8) is 0 Å². The van der Waals surface area contributed by atoms with Gasteiger partial charge in [0.05, 0.1) is 5.69 Å². The molecule has 0 spiro atoms. The van der Waals surface area contributed by atoms with Crippen LogP contribution in [0.5, 0.6) is 0 Å². The molecule has 0 fully saturated rings. The van der Waals surface area contributed by atoms with Crippen molar-refractivity contribution < 1.29 is 4.11 Å². The third-order valence-corrected chi connectivity index (χ3v) is 21.1. The Morgan fingerprint density at radius 3 is 1.46 bits per heavy atom. The standard InChI is InChI=1S/C80H92BN3/c1-49-42-69-72-70(43-49)84(66-23-21-22-58-57-35-28-52(75(8,9)10)44-60(57)80(19,20)71(58)66)67-46-56(82(53-29-24-50(25-30-53)73(2,3)4)54-31-26-51(27-32-54)74(5,6)7)34-37-64(67)81(72)65-47-62-63(79(17,18)41-40-78(62,15)16)48-68(65)83(69)55-33-36-59-61(45-55)77(13,14)39-38-76(59,11)12/h21-37,42-48H,38-41H2,1-20H3/i1D3. The SMILES string of the molecule is [2H]C([2H])([2H])c1cc2c3c(c1)N(c1cccc4c1C(C)(C)c1cc(C(C)(C)C)ccc1-4)c1cc(N(c4ccc(C(C)(C)C)cc4)c4ccc(C(C)(C)C)cc4)ccc1B3c1cc3c(cc1N2c1ccc2c(c1)C(C)(C)CCC2(C)C)C(C)(C)CCC3(C)C. The van der Waals surface area contributed by atoms with Gasteiger partial charge in [-0.05, 0) is 226 Å². The second-order valence-corrected chi connectivity index (χ2v) is 32.3. The van der Waals surface area contributed by atoms with Crippen LogP contribution in [0, 0.1) is 6.85 Å². The number of anilines is 9. The number of hydrogen-bond donors (Lipinski definition) is 0. The van der Waals surface area contributed by atoms with Gasteiger partial charge in [-0.3, -0.25) is 0 Å². The monoisotopic (exact) mass is 1110 g/mol. The molecule has 4 heteroatoms. The molecule has 8 aromatic carbocycles. The van der Waals surface area contributed by atoms with E-state index in [1.807, 2.05) is 0 Å². The van der Waals surface area contributed by atoms with Gasteiger partial charge in [0.15, 0.2) is 0 Å². The topological polar surface area (TPSA) is 9.72 Å². The van der Waals surface area contributed by atoms with Gasteiger partial charge in [-0.25, -0.2) is 0 Å². The van der Waals surface area contributed by atoms with E-state index in [2.05, 4.69) is 292 Å². The van der Waals surface area contributed by atoms with Crippen molar-refractivity contribution >= 4 is 74.3 Å². The summed E-state index contributed by atoms with van der Waals surface area (Å²) in [6.07, 6.45) is 4.38. The third-order valence-electron chi connectivity index (χ3n) is 21.1. The molecule has 84 heavy (non-hydrogen) atoms. The van der Waals surface area contributed by atoms with Crippen LogP contribution in [0.15, 0.2) is 146 Å². The van der Waals surface area contributed by atoms with E-state index in [4.69, 9.17) is 0 Å². The zero-order valence-corrected chi connectivity index (χ0v) is 54.1. The minimum Gasteiger partial charge on any atom is -0.311 e. The van der Waals surface area contributed by atoms with Crippen molar-refractivity contribution in [1.29, 1.82) is 0 Å². The lowest BCUT2D eigenvalue weighted by atomic mass is 9.33. The Kier molecular flexibility index (Phi) is 11.5. The van der Waals surface area contributed by atoms with Crippen LogP contribution in [0.4, 0.5) is 51.2 Å². The molecule has 0 saturated heterocycles. The zero-order chi connectivity index (χ0) is 62.5. The summed E-state index contributed by atoms with van der Waals surface area (Å²) >= 11 is 0. The van der Waals surface area contributed by atoms with Gasteiger partial charge < -0.3 is 14.7 Å². The summed E-state index contributed by atoms with van der Waals surface area (Å²) < 4.78 is 28.6. The summed E-state index contributed by atoms with van der Waals surface area (Å²) in [7, 11) is 0. The first-order chi connectivity index (χ1) is 40.4. The zero-order valence-electron chi connectivity index (χ0n) is 57.1. The van der Waals surface area contributed by atoms with Crippen molar-refractivity contribution in [1.82, 2.24) is 0 Å². The number of hydrogen-bond acceptors (Lipinski definition) is 3. The molecular weight excluding hydrogens is 1010 g/mol. The van der Waals surface area contributed by atoms with Gasteiger partial charge in [0.2, 0.25) is 0 Å². The minimum atomic E-state index is -2.43. The number of aryl methyl sites for hydroxylation is 1. The quantitative estimate of drug-likeness (QED) is 0.159. The first kappa shape index (κ1) is 52.8. The van der Waals surface area contributed by atoms with Crippen molar-refractivity contribution in [3.8, 4) is 11.1 Å². The molecule has 5 aliphatic rings. The smallest absolute Gasteiger partial charge is 0.252 e. The number of fused-ring (bicyclic) bond motifs is 9. The van der Waals surface area contributed by atoms with Gasteiger partial charge in [-0.15, -0.1) is 0 Å². The normalized spacial score (nSPS) is 18.9. The van der Waals surface area contributed by atoms with E-state index >= 15 is 0 Å². The minimum absolute atomic E-state index is 0.0192. The molecule has 0 atom stereocenters. The Bertz CT molecular complexity index is 4080. The predicted molar refractivity (Wildman–Crippen MR) is 364 cm³/mol. The molecule has 0 unspecified atom stereocenters. The molecule has 0 aromatic heterocycles. The molecule has 0 saturated carbocycles. The van der Waals surface area contributed by atoms with Crippen molar-refractivity contribution in [3.05, 3.63) is 201 Å². The first-order valence-electron chi connectivity index (χ1n) is 33.0. The van der Waals surface area contributed by atoms with Crippen LogP contribution in [0.1, 0.15) is 217 Å². The van der Waals surface area contributed by atoms with Gasteiger partial charge in [0.25, 0.3) is 6.71 Å². The van der Waals surface area contributed by atoms with Gasteiger partial charge in [0, 0.05) is 55.0 Å². The Balaban J connectivity index is 1.16. The largest absolute Gasteiger partial charge is 0.311 e. The van der Waals surface area contributed by atoms with E-state index in [0.29, 0.717) is 5.56 Å². The Morgan fingerprint density at radius 1 is 0.405 bits per heavy atom. The van der Waals surface area contributed by atoms with Crippen molar-refractivity contribution in [2.45, 2.75) is 207 Å². The highest BCUT2D eigenvalue weighted by atomic mass is 15.2. The number of nitrogens with zero attached hydrogens (tertiary/aromatic N) is 3. The molecule has 430 valence electrons. The summed E-state index contributed by atoms with van der Waals surface area (Å²) in [6, 6.07) is 56.1. The second-order valence-electron chi connectivity index (χ2n) is 32.3. The maximum absolute atomic E-state index is 9.52. The fraction of sp³-hybridized carbons (Fsp3) is 0.400. The molecule has 3 aliphatic carbocycles. The summed E-state index contributed by atoms with van der Waals surface area (Å²) in [6.45, 7) is 42.1. The van der Waals surface area contributed by atoms with Crippen LogP contribution in [0.2, 0.25) is 0 Å². The van der Waals surface area contributed by atoms with E-state index in [1.165, 1.54) is 72.1 Å². The molecule has 13 rings (SSSR count). The fourth-order valence-electron chi connectivity index (χ4n) is 15.6. The maximum atomic E-state index is 9.52. The summed E-state index contributed by atoms with van der Waals surface area (Å²) in [5.74, 6) is 0. The molecule has 2 aliphatic heterocycles. The molecule has 0 N–H and O–H groups in total. The van der Waals surface area contributed by atoms with E-state index < -0.39 is 12.3 Å². The molecule has 0 radical (unpaired) electrons. The second kappa shape index (κ2) is 18.4. The molecule has 2 heterocycles. The van der Waals surface area contributed by atoms with E-state index in [1.54, 1.807) is 0 Å². The fourth-order valence-corrected chi connectivity index (χ4v) is 15.6. The van der Waals surface area contributed by atoms with Gasteiger partial charge in [-0.1, -0.05) is 204 Å².